The quantitative estimate of drug-likeness (QED) is 0.577. The molecule has 1 aromatic heterocycles. The van der Waals surface area contributed by atoms with Crippen molar-refractivity contribution in [3.8, 4) is 0 Å². The highest BCUT2D eigenvalue weighted by atomic mass is 32.2. The molecule has 1 saturated heterocycles. The van der Waals surface area contributed by atoms with Crippen LogP contribution in [0.5, 0.6) is 0 Å². The van der Waals surface area contributed by atoms with E-state index >= 15 is 0 Å². The fourth-order valence-corrected chi connectivity index (χ4v) is 8.56. The smallest absolute Gasteiger partial charge is 0.183 e. The van der Waals surface area contributed by atoms with E-state index in [2.05, 4.69) is 10.3 Å². The second kappa shape index (κ2) is 7.55. The normalized spacial score (nSPS) is 21.6. The molecule has 9 heteroatoms. The van der Waals surface area contributed by atoms with Gasteiger partial charge in [0.1, 0.15) is 5.82 Å². The SMILES string of the molecule is O=S1(=O)C[C@H](NCCc2c[nH]c3ccccc23)[C@@H](S(=O)(=O)c2ccc(F)cc2)C1. The summed E-state index contributed by atoms with van der Waals surface area (Å²) in [6, 6.07) is 11.6. The van der Waals surface area contributed by atoms with Gasteiger partial charge in [-0.15, -0.1) is 0 Å². The standard InChI is InChI=1S/C20H21FN2O4S2/c21-15-5-7-16(8-6-15)29(26,27)20-13-28(24,25)12-19(20)22-10-9-14-11-23-18-4-2-1-3-17(14)18/h1-8,11,19-20,22-23H,9-10,12-13H2/t19-,20-/m0/s1. The number of aromatic amines is 1. The molecule has 154 valence electrons. The Morgan fingerprint density at radius 3 is 2.55 bits per heavy atom. The molecule has 1 aliphatic heterocycles. The zero-order valence-corrected chi connectivity index (χ0v) is 17.1. The minimum Gasteiger partial charge on any atom is -0.361 e. The summed E-state index contributed by atoms with van der Waals surface area (Å²) >= 11 is 0. The first-order valence-electron chi connectivity index (χ1n) is 9.24. The van der Waals surface area contributed by atoms with Gasteiger partial charge in [0.05, 0.1) is 21.7 Å². The largest absolute Gasteiger partial charge is 0.361 e. The third kappa shape index (κ3) is 4.08. The van der Waals surface area contributed by atoms with E-state index in [0.29, 0.717) is 13.0 Å². The number of fused-ring (bicyclic) bond motifs is 1. The molecular weight excluding hydrogens is 415 g/mol. The Balaban J connectivity index is 1.51. The second-order valence-electron chi connectivity index (χ2n) is 7.28. The van der Waals surface area contributed by atoms with E-state index in [9.17, 15) is 21.2 Å². The summed E-state index contributed by atoms with van der Waals surface area (Å²) in [4.78, 5) is 3.12. The molecular formula is C20H21FN2O4S2. The molecule has 0 bridgehead atoms. The number of hydrogen-bond acceptors (Lipinski definition) is 5. The molecule has 6 nitrogen and oxygen atoms in total. The van der Waals surface area contributed by atoms with Crippen molar-refractivity contribution in [3.05, 3.63) is 66.1 Å². The van der Waals surface area contributed by atoms with Crippen molar-refractivity contribution in [3.63, 3.8) is 0 Å². The summed E-state index contributed by atoms with van der Waals surface area (Å²) in [5.74, 6) is -1.21. The average molecular weight is 437 g/mol. The van der Waals surface area contributed by atoms with E-state index in [1.165, 1.54) is 12.1 Å². The maximum absolute atomic E-state index is 13.2. The summed E-state index contributed by atoms with van der Waals surface area (Å²) < 4.78 is 63.5. The highest BCUT2D eigenvalue weighted by molar-refractivity contribution is 7.96. The van der Waals surface area contributed by atoms with Crippen molar-refractivity contribution >= 4 is 30.6 Å². The summed E-state index contributed by atoms with van der Waals surface area (Å²) in [5, 5.41) is 3.12. The van der Waals surface area contributed by atoms with Crippen LogP contribution < -0.4 is 5.32 Å². The topological polar surface area (TPSA) is 96.1 Å². The van der Waals surface area contributed by atoms with E-state index < -0.39 is 42.5 Å². The van der Waals surface area contributed by atoms with Gasteiger partial charge in [0.15, 0.2) is 19.7 Å². The van der Waals surface area contributed by atoms with Gasteiger partial charge in [-0.25, -0.2) is 21.2 Å². The Kier molecular flexibility index (Phi) is 5.22. The average Bonchev–Trinajstić information content (AvgIpc) is 3.23. The van der Waals surface area contributed by atoms with Crippen LogP contribution in [0.1, 0.15) is 5.56 Å². The van der Waals surface area contributed by atoms with Crippen molar-refractivity contribution < 1.29 is 21.2 Å². The fourth-order valence-electron chi connectivity index (χ4n) is 3.84. The van der Waals surface area contributed by atoms with Gasteiger partial charge in [-0.2, -0.15) is 0 Å². The molecule has 0 radical (unpaired) electrons. The summed E-state index contributed by atoms with van der Waals surface area (Å²) in [5.41, 5.74) is 2.09. The fraction of sp³-hybridized carbons (Fsp3) is 0.300. The molecule has 0 amide bonds. The number of rotatable bonds is 6. The zero-order valence-electron chi connectivity index (χ0n) is 15.5. The van der Waals surface area contributed by atoms with Crippen LogP contribution in [0.3, 0.4) is 0 Å². The monoisotopic (exact) mass is 436 g/mol. The van der Waals surface area contributed by atoms with E-state index in [1.54, 1.807) is 0 Å². The number of aromatic nitrogens is 1. The minimum atomic E-state index is -3.91. The highest BCUT2D eigenvalue weighted by Gasteiger charge is 2.45. The van der Waals surface area contributed by atoms with Crippen molar-refractivity contribution in [2.75, 3.05) is 18.1 Å². The van der Waals surface area contributed by atoms with E-state index in [-0.39, 0.29) is 10.6 Å². The van der Waals surface area contributed by atoms with Gasteiger partial charge >= 0.3 is 0 Å². The number of nitrogens with one attached hydrogen (secondary N) is 2. The Morgan fingerprint density at radius 1 is 1.07 bits per heavy atom. The third-order valence-electron chi connectivity index (χ3n) is 5.32. The highest BCUT2D eigenvalue weighted by Crippen LogP contribution is 2.26. The number of halogens is 1. The van der Waals surface area contributed by atoms with Crippen LogP contribution in [0.25, 0.3) is 10.9 Å². The van der Waals surface area contributed by atoms with Gasteiger partial charge in [0.2, 0.25) is 0 Å². The molecule has 2 atom stereocenters. The van der Waals surface area contributed by atoms with Crippen molar-refractivity contribution in [2.45, 2.75) is 22.6 Å². The van der Waals surface area contributed by atoms with Gasteiger partial charge in [0, 0.05) is 23.1 Å². The van der Waals surface area contributed by atoms with Crippen molar-refractivity contribution in [2.24, 2.45) is 0 Å². The molecule has 1 aliphatic rings. The molecule has 0 spiro atoms. The lowest BCUT2D eigenvalue weighted by Crippen LogP contribution is -2.44. The maximum Gasteiger partial charge on any atom is 0.183 e. The zero-order chi connectivity index (χ0) is 20.6. The molecule has 4 rings (SSSR count). The van der Waals surface area contributed by atoms with Gasteiger partial charge in [0.25, 0.3) is 0 Å². The van der Waals surface area contributed by atoms with Crippen LogP contribution in [0.2, 0.25) is 0 Å². The minimum absolute atomic E-state index is 0.0653. The first kappa shape index (κ1) is 20.1. The van der Waals surface area contributed by atoms with Crippen LogP contribution in [0.15, 0.2) is 59.6 Å². The molecule has 3 aromatic rings. The summed E-state index contributed by atoms with van der Waals surface area (Å²) in [6.45, 7) is 0.442. The van der Waals surface area contributed by atoms with Gasteiger partial charge < -0.3 is 10.3 Å². The van der Waals surface area contributed by atoms with Crippen LogP contribution in [-0.4, -0.2) is 51.2 Å². The molecule has 2 N–H and O–H groups in total. The summed E-state index contributed by atoms with van der Waals surface area (Å²) in [7, 11) is -7.39. The second-order valence-corrected chi connectivity index (χ2v) is 11.6. The number of benzene rings is 2. The molecule has 0 unspecified atom stereocenters. The lowest BCUT2D eigenvalue weighted by atomic mass is 10.1. The molecule has 2 aromatic carbocycles. The Labute approximate surface area is 169 Å². The van der Waals surface area contributed by atoms with Gasteiger partial charge in [-0.3, -0.25) is 0 Å². The Hall–Kier alpha value is -2.23. The number of para-hydroxylation sites is 1. The molecule has 1 fully saturated rings. The maximum atomic E-state index is 13.2. The van der Waals surface area contributed by atoms with Crippen LogP contribution in [-0.2, 0) is 26.1 Å². The number of hydrogen-bond donors (Lipinski definition) is 2. The third-order valence-corrected chi connectivity index (χ3v) is 9.48. The molecule has 0 saturated carbocycles. The first-order chi connectivity index (χ1) is 13.8. The number of sulfone groups is 2. The van der Waals surface area contributed by atoms with Crippen molar-refractivity contribution in [1.82, 2.24) is 10.3 Å². The Bertz CT molecular complexity index is 1230. The van der Waals surface area contributed by atoms with E-state index in [4.69, 9.17) is 0 Å². The first-order valence-corrected chi connectivity index (χ1v) is 12.6. The van der Waals surface area contributed by atoms with Gasteiger partial charge in [-0.1, -0.05) is 18.2 Å². The van der Waals surface area contributed by atoms with E-state index in [1.807, 2.05) is 30.5 Å². The molecule has 29 heavy (non-hydrogen) atoms. The number of H-pyrrole nitrogens is 1. The van der Waals surface area contributed by atoms with Crippen LogP contribution in [0, 0.1) is 5.82 Å². The Morgan fingerprint density at radius 2 is 1.79 bits per heavy atom. The van der Waals surface area contributed by atoms with Crippen LogP contribution >= 0.6 is 0 Å². The lowest BCUT2D eigenvalue weighted by Gasteiger charge is -2.20. The predicted molar refractivity (Wildman–Crippen MR) is 110 cm³/mol. The van der Waals surface area contributed by atoms with Gasteiger partial charge in [-0.05, 0) is 48.9 Å². The summed E-state index contributed by atoms with van der Waals surface area (Å²) in [6.07, 6.45) is 2.54. The molecule has 0 aliphatic carbocycles. The lowest BCUT2D eigenvalue weighted by molar-refractivity contribution is 0.528. The van der Waals surface area contributed by atoms with Crippen LogP contribution in [0.4, 0.5) is 4.39 Å². The van der Waals surface area contributed by atoms with Crippen molar-refractivity contribution in [1.29, 1.82) is 0 Å². The molecule has 2 heterocycles. The van der Waals surface area contributed by atoms with E-state index in [0.717, 1.165) is 28.6 Å². The predicted octanol–water partition coefficient (Wildman–Crippen LogP) is 2.08.